The Balaban J connectivity index is -0.0000000208. The summed E-state index contributed by atoms with van der Waals surface area (Å²) in [6, 6.07) is 0. The van der Waals surface area contributed by atoms with Crippen molar-refractivity contribution < 1.29 is 2.85 Å². The van der Waals surface area contributed by atoms with Crippen LogP contribution in [0.2, 0.25) is 0 Å². The van der Waals surface area contributed by atoms with Crippen LogP contribution in [0.25, 0.3) is 0 Å². The molecule has 0 nitrogen and oxygen atoms in total. The summed E-state index contributed by atoms with van der Waals surface area (Å²) in [7, 11) is 0. The van der Waals surface area contributed by atoms with Crippen molar-refractivity contribution in [1.82, 2.24) is 0 Å². The van der Waals surface area contributed by atoms with E-state index in [0.29, 0.717) is 0 Å². The van der Waals surface area contributed by atoms with Gasteiger partial charge in [0.05, 0.1) is 0 Å². The van der Waals surface area contributed by atoms with E-state index in [4.69, 9.17) is 0 Å². The van der Waals surface area contributed by atoms with Crippen LogP contribution in [-0.2, 0) is 0 Å². The molecule has 0 aliphatic rings. The molecule has 0 radical (unpaired) electrons. The molecule has 0 aromatic rings. The minimum Gasteiger partial charge on any atom is -0.0776 e. The van der Waals surface area contributed by atoms with Gasteiger partial charge in [0.25, 0.3) is 0 Å². The second kappa shape index (κ2) is 7.00. The summed E-state index contributed by atoms with van der Waals surface area (Å²) in [5.41, 5.74) is 0. The minimum atomic E-state index is 0. The van der Waals surface area contributed by atoms with Gasteiger partial charge >= 0.3 is 0 Å². The van der Waals surface area contributed by atoms with E-state index in [-0.39, 0.29) is 17.7 Å². The van der Waals surface area contributed by atoms with Gasteiger partial charge in [0.1, 0.15) is 0 Å². The molecule has 0 saturated heterocycles. The Morgan fingerprint density at radius 3 is 0.875 bits per heavy atom. The molecule has 0 bridgehead atoms. The Kier molecular flexibility index (Phi) is 13.7. The third-order valence-electron chi connectivity index (χ3n) is 1.33. The predicted octanol–water partition coefficient (Wildman–Crippen LogP) is 4.06. The zero-order chi connectivity index (χ0) is 5.15. The van der Waals surface area contributed by atoms with Crippen LogP contribution in [0, 0.1) is 11.8 Å². The fraction of sp³-hybridized carbons (Fsp3) is 1.00. The van der Waals surface area contributed by atoms with Gasteiger partial charge in [0, 0.05) is 2.85 Å². The number of hydrogen-bond donors (Lipinski definition) is 0. The fourth-order valence-electron chi connectivity index (χ4n) is 0. The highest BCUT2D eigenvalue weighted by Crippen LogP contribution is 2.05. The summed E-state index contributed by atoms with van der Waals surface area (Å²) in [6.07, 6.45) is 0. The van der Waals surface area contributed by atoms with Crippen molar-refractivity contribution in [3.05, 3.63) is 0 Å². The molecule has 0 aromatic heterocycles. The molecule has 0 atom stereocenters. The van der Waals surface area contributed by atoms with Crippen LogP contribution in [0.1, 0.15) is 45.4 Å². The van der Waals surface area contributed by atoms with Crippen LogP contribution in [0.15, 0.2) is 0 Å². The molecular weight excluding hydrogens is 96.1 g/mol. The third-order valence-corrected chi connectivity index (χ3v) is 1.33. The third kappa shape index (κ3) is 9.38. The maximum atomic E-state index is 2.24. The molecule has 0 heterocycles. The summed E-state index contributed by atoms with van der Waals surface area (Å²) in [6.45, 7) is 8.96. The van der Waals surface area contributed by atoms with Crippen LogP contribution in [0.4, 0.5) is 0 Å². The van der Waals surface area contributed by atoms with Crippen molar-refractivity contribution in [2.75, 3.05) is 0 Å². The molecule has 8 heavy (non-hydrogen) atoms. The standard InChI is InChI=1S/C6H14.2CH4.2H2/c1-5(2)6(3)4;;;;/h5-6H,1-4H3;2*1H4;2*1H/i;;;2*1+1. The van der Waals surface area contributed by atoms with Gasteiger partial charge in [-0.05, 0) is 11.8 Å². The first-order chi connectivity index (χ1) is 2.64. The predicted molar refractivity (Wildman–Crippen MR) is 47.4 cm³/mol. The lowest BCUT2D eigenvalue weighted by Crippen LogP contribution is -1.95. The van der Waals surface area contributed by atoms with Gasteiger partial charge < -0.3 is 0 Å². The van der Waals surface area contributed by atoms with Crippen LogP contribution in [-0.4, -0.2) is 0 Å². The molecule has 0 saturated carbocycles. The highest BCUT2D eigenvalue weighted by atomic mass is 14.0. The van der Waals surface area contributed by atoms with Crippen molar-refractivity contribution in [3.8, 4) is 0 Å². The molecule has 0 rings (SSSR count). The Hall–Kier alpha value is 0. The van der Waals surface area contributed by atoms with Crippen molar-refractivity contribution in [3.63, 3.8) is 0 Å². The largest absolute Gasteiger partial charge is 0.0776 e. The monoisotopic (exact) mass is 124 g/mol. The molecule has 0 N–H and O–H groups in total. The van der Waals surface area contributed by atoms with Gasteiger partial charge in [-0.25, -0.2) is 0 Å². The van der Waals surface area contributed by atoms with Gasteiger partial charge in [-0.15, -0.1) is 0 Å². The first kappa shape index (κ1) is 15.7. The second-order valence-corrected chi connectivity index (χ2v) is 2.49. The van der Waals surface area contributed by atoms with Crippen molar-refractivity contribution in [1.29, 1.82) is 0 Å². The molecule has 0 aliphatic heterocycles. The Labute approximate surface area is 58.3 Å². The Morgan fingerprint density at radius 2 is 0.875 bits per heavy atom. The SMILES string of the molecule is C.C.CC(C)C(C)C.[2HH].[2HH]. The molecule has 0 aromatic carbocycles. The normalized spacial score (nSPS) is 8.25. The van der Waals surface area contributed by atoms with E-state index in [1.807, 2.05) is 0 Å². The summed E-state index contributed by atoms with van der Waals surface area (Å²) < 4.78 is 0. The van der Waals surface area contributed by atoms with Crippen LogP contribution in [0.5, 0.6) is 0 Å². The molecular formula is C8H26. The van der Waals surface area contributed by atoms with Crippen LogP contribution >= 0.6 is 0 Å². The lowest BCUT2D eigenvalue weighted by molar-refractivity contribution is 0.457. The van der Waals surface area contributed by atoms with E-state index >= 15 is 0 Å². The lowest BCUT2D eigenvalue weighted by atomic mass is 10.0. The molecule has 0 spiro atoms. The average molecular weight is 124 g/mol. The Bertz CT molecular complexity index is 28.2. The molecule has 0 amide bonds. The van der Waals surface area contributed by atoms with Crippen molar-refractivity contribution in [2.24, 2.45) is 11.8 Å². The second-order valence-electron chi connectivity index (χ2n) is 2.49. The molecule has 0 aliphatic carbocycles. The van der Waals surface area contributed by atoms with E-state index in [9.17, 15) is 0 Å². The molecule has 0 unspecified atom stereocenters. The summed E-state index contributed by atoms with van der Waals surface area (Å²) in [5.74, 6) is 1.70. The average Bonchev–Trinajstić information content (AvgIpc) is 1.36. The van der Waals surface area contributed by atoms with Crippen LogP contribution < -0.4 is 0 Å². The smallest absolute Gasteiger partial charge is 0 e. The Morgan fingerprint density at radius 1 is 0.750 bits per heavy atom. The fourth-order valence-corrected chi connectivity index (χ4v) is 0. The minimum absolute atomic E-state index is 0. The van der Waals surface area contributed by atoms with Gasteiger partial charge in [-0.1, -0.05) is 42.5 Å². The zero-order valence-corrected chi connectivity index (χ0v) is 5.15. The molecule has 0 heteroatoms. The lowest BCUT2D eigenvalue weighted by Gasteiger charge is -2.05. The maximum absolute atomic E-state index is 2.24. The van der Waals surface area contributed by atoms with Crippen LogP contribution in [0.3, 0.4) is 0 Å². The van der Waals surface area contributed by atoms with E-state index < -0.39 is 0 Å². The van der Waals surface area contributed by atoms with E-state index in [0.717, 1.165) is 11.8 Å². The van der Waals surface area contributed by atoms with Gasteiger partial charge in [0.15, 0.2) is 0 Å². The first-order valence-corrected chi connectivity index (χ1v) is 2.64. The number of hydrogen-bond acceptors (Lipinski definition) is 0. The topological polar surface area (TPSA) is 0 Å². The molecule has 0 fully saturated rings. The van der Waals surface area contributed by atoms with E-state index in [1.54, 1.807) is 0 Å². The van der Waals surface area contributed by atoms with Crippen molar-refractivity contribution in [2.45, 2.75) is 42.5 Å². The van der Waals surface area contributed by atoms with Gasteiger partial charge in [-0.2, -0.15) is 0 Å². The van der Waals surface area contributed by atoms with E-state index in [1.165, 1.54) is 0 Å². The summed E-state index contributed by atoms with van der Waals surface area (Å²) >= 11 is 0. The van der Waals surface area contributed by atoms with Crippen molar-refractivity contribution >= 4 is 0 Å². The first-order valence-electron chi connectivity index (χ1n) is 2.64. The zero-order valence-electron chi connectivity index (χ0n) is 5.15. The highest BCUT2D eigenvalue weighted by Gasteiger charge is 1.95. The van der Waals surface area contributed by atoms with Gasteiger partial charge in [-0.3, -0.25) is 0 Å². The molecule has 58 valence electrons. The summed E-state index contributed by atoms with van der Waals surface area (Å²) in [5, 5.41) is 0. The summed E-state index contributed by atoms with van der Waals surface area (Å²) in [4.78, 5) is 0. The number of rotatable bonds is 1. The quantitative estimate of drug-likeness (QED) is 0.494. The highest BCUT2D eigenvalue weighted by molar-refractivity contribution is 4.46. The van der Waals surface area contributed by atoms with E-state index in [2.05, 4.69) is 27.7 Å². The maximum Gasteiger partial charge on any atom is 0 e. The van der Waals surface area contributed by atoms with Gasteiger partial charge in [0.2, 0.25) is 0 Å².